The van der Waals surface area contributed by atoms with Crippen LogP contribution < -0.4 is 30.3 Å². The number of rotatable bonds is 22. The molecule has 1 amide bonds. The first-order valence-electron chi connectivity index (χ1n) is 28.3. The number of benzene rings is 1. The first-order chi connectivity index (χ1) is 42.2. The minimum atomic E-state index is -2.10. The number of ether oxygens (including phenoxy) is 12. The van der Waals surface area contributed by atoms with Crippen LogP contribution in [0.25, 0.3) is 0 Å². The van der Waals surface area contributed by atoms with Gasteiger partial charge in [0.1, 0.15) is 36.6 Å². The van der Waals surface area contributed by atoms with Gasteiger partial charge in [-0.3, -0.25) is 24.7 Å². The Labute approximate surface area is 536 Å². The third-order valence-electron chi connectivity index (χ3n) is 15.5. The molecule has 0 unspecified atom stereocenters. The molecule has 482 valence electrons. The normalized spacial score (nSPS) is 34.8. The molecule has 2 bridgehead atoms. The number of methoxy groups -OCH3 is 5. The Morgan fingerprint density at radius 1 is 0.875 bits per heavy atom. The van der Waals surface area contributed by atoms with Crippen molar-refractivity contribution in [1.82, 2.24) is 21.1 Å². The molecule has 25 nitrogen and oxygen atoms in total. The molecule has 4 aliphatic heterocycles. The molecular formula is C59H75IN4O21S3. The first kappa shape index (κ1) is 69.7. The number of aliphatic hydroxyl groups is 5. The number of thioether (sulfide) groups is 1. The third-order valence-corrected chi connectivity index (χ3v) is 20.4. The van der Waals surface area contributed by atoms with E-state index in [1.165, 1.54) is 55.1 Å². The maximum atomic E-state index is 14.5. The Morgan fingerprint density at radius 3 is 2.28 bits per heavy atom. The van der Waals surface area contributed by atoms with Crippen LogP contribution in [0.15, 0.2) is 64.5 Å². The number of Topliss-reactive ketones (excluding diaryl/α,β-unsaturated/α-hetero) is 1. The molecular weight excluding hydrogens is 1320 g/mol. The van der Waals surface area contributed by atoms with E-state index in [1.807, 2.05) is 41.6 Å². The Hall–Kier alpha value is -4.14. The van der Waals surface area contributed by atoms with Gasteiger partial charge in [0.2, 0.25) is 17.2 Å². The number of alkyl carbamates (subject to hydrolysis) is 1. The lowest BCUT2D eigenvalue weighted by atomic mass is 9.75. The summed E-state index contributed by atoms with van der Waals surface area (Å²) in [5, 5.41) is 63.0. The predicted molar refractivity (Wildman–Crippen MR) is 329 cm³/mol. The van der Waals surface area contributed by atoms with E-state index in [9.17, 15) is 39.9 Å². The Morgan fingerprint density at radius 2 is 1.60 bits per heavy atom. The number of carbonyl (C=O) groups is 3. The molecule has 19 atom stereocenters. The third kappa shape index (κ3) is 16.0. The van der Waals surface area contributed by atoms with Gasteiger partial charge in [0.25, 0.3) is 0 Å². The van der Waals surface area contributed by atoms with Crippen LogP contribution in [0.4, 0.5) is 4.79 Å². The summed E-state index contributed by atoms with van der Waals surface area (Å²) < 4.78 is 72.7. The quantitative estimate of drug-likeness (QED) is 0.0275. The second kappa shape index (κ2) is 31.9. The van der Waals surface area contributed by atoms with Crippen LogP contribution in [-0.2, 0) is 52.3 Å². The number of hydroxylamine groups is 1. The summed E-state index contributed by atoms with van der Waals surface area (Å²) in [7, 11) is 9.65. The summed E-state index contributed by atoms with van der Waals surface area (Å²) in [6, 6.07) is 2.39. The number of allylic oxidation sites excluding steroid dienone is 3. The predicted octanol–water partition coefficient (Wildman–Crippen LogP) is 3.37. The highest BCUT2D eigenvalue weighted by Crippen LogP contribution is 2.49. The Bertz CT molecular complexity index is 3010. The zero-order chi connectivity index (χ0) is 63.6. The average Bonchev–Trinajstić information content (AvgIpc) is 2.97. The van der Waals surface area contributed by atoms with Gasteiger partial charge in [-0.15, -0.1) is 0 Å². The molecule has 0 spiro atoms. The molecule has 4 saturated heterocycles. The number of aliphatic hydroxyl groups excluding tert-OH is 4. The highest BCUT2D eigenvalue weighted by atomic mass is 127. The van der Waals surface area contributed by atoms with Crippen molar-refractivity contribution >= 4 is 72.9 Å². The molecule has 8 rings (SSSR count). The van der Waals surface area contributed by atoms with E-state index in [4.69, 9.17) is 61.7 Å². The number of halogens is 1. The number of hydrogen-bond donors (Lipinski definition) is 8. The smallest absolute Gasteiger partial charge is 0.411 e. The molecule has 29 heteroatoms. The lowest BCUT2D eigenvalue weighted by molar-refractivity contribution is -0.336. The molecule has 2 aliphatic carbocycles. The summed E-state index contributed by atoms with van der Waals surface area (Å²) in [6.07, 6.45) is -10.7. The molecule has 8 N–H and O–H groups in total. The molecule has 2 aromatic rings. The molecule has 5 heterocycles. The fourth-order valence-corrected chi connectivity index (χ4v) is 14.5. The van der Waals surface area contributed by atoms with E-state index in [2.05, 4.69) is 44.8 Å². The van der Waals surface area contributed by atoms with Gasteiger partial charge in [0, 0.05) is 61.2 Å². The Balaban J connectivity index is 1.03. The molecule has 0 saturated carbocycles. The highest BCUT2D eigenvalue weighted by Gasteiger charge is 2.52. The number of pyridine rings is 1. The summed E-state index contributed by atoms with van der Waals surface area (Å²) in [5.74, 6) is 11.3. The maximum Gasteiger partial charge on any atom is 0.411 e. The first-order valence-corrected chi connectivity index (χ1v) is 32.6. The summed E-state index contributed by atoms with van der Waals surface area (Å²) >= 11 is 2.82. The summed E-state index contributed by atoms with van der Waals surface area (Å²) in [6.45, 7) is 9.39. The number of nitrogens with zero attached hydrogens (tertiary/aromatic N) is 1. The number of aromatic nitrogens is 1. The van der Waals surface area contributed by atoms with Gasteiger partial charge in [-0.25, -0.2) is 4.79 Å². The second-order valence-corrected chi connectivity index (χ2v) is 25.7. The lowest BCUT2D eigenvalue weighted by Gasteiger charge is -2.46. The van der Waals surface area contributed by atoms with Gasteiger partial charge in [-0.2, -0.15) is 5.48 Å². The van der Waals surface area contributed by atoms with Crippen molar-refractivity contribution in [3.05, 3.63) is 74.3 Å². The van der Waals surface area contributed by atoms with Crippen molar-refractivity contribution in [3.63, 3.8) is 0 Å². The number of ketones is 1. The monoisotopic (exact) mass is 1400 g/mol. The molecule has 88 heavy (non-hydrogen) atoms. The molecule has 0 radical (unpaired) electrons. The standard InChI is InChI=1S/C59H75IN4O21S3/c1-11-62-34-27-78-39(25-38(34)73-6)83-52-47(68)44(29(3)80-57(52)82-37-16-14-12-13-15-20-59(72)26-36(66)45(63-58(71)77-10)42(37)33(59)19-23-86-88-32-17-21-61-22-18-32)64-85-40-24-35(65)54(31(5)79-40)87-55(70)41-28(2)43(60)50(53(76-9)49(41)74-7)84-56-48(69)51(75-8)46(67)30(4)81-56/h12-13,17-19,21-22,29-31,34-35,37-40,44,46-48,51-52,54,56-57,62,64-65,67-69,72H,11,23-27H2,1-10H3,(H,63,71)/b13-12-,33-19+/t29-,30+,31-,34+,35+,37+,38+,39+,40+,44-,46+,47-,48-,51-,52-,54-,56+,57+,59+/m1/s1. The number of amides is 1. The van der Waals surface area contributed by atoms with Gasteiger partial charge in [0.05, 0.1) is 97.0 Å². The average molecular weight is 1400 g/mol. The van der Waals surface area contributed by atoms with Gasteiger partial charge >= 0.3 is 6.09 Å². The van der Waals surface area contributed by atoms with Crippen LogP contribution in [0.5, 0.6) is 17.2 Å². The van der Waals surface area contributed by atoms with Crippen LogP contribution in [-0.4, -0.2) is 217 Å². The van der Waals surface area contributed by atoms with Crippen molar-refractivity contribution in [2.75, 3.05) is 54.5 Å². The van der Waals surface area contributed by atoms with Crippen LogP contribution in [0.1, 0.15) is 62.9 Å². The number of hydrogen-bond acceptors (Lipinski definition) is 27. The van der Waals surface area contributed by atoms with Crippen LogP contribution in [0.2, 0.25) is 0 Å². The summed E-state index contributed by atoms with van der Waals surface area (Å²) in [5.41, 5.74) is 1.18. The second-order valence-electron chi connectivity index (χ2n) is 21.1. The number of carbonyl (C=O) groups excluding carboxylic acids is 3. The van der Waals surface area contributed by atoms with Crippen LogP contribution in [0.3, 0.4) is 0 Å². The summed E-state index contributed by atoms with van der Waals surface area (Å²) in [4.78, 5) is 52.8. The lowest BCUT2D eigenvalue weighted by Crippen LogP contribution is -2.65. The van der Waals surface area contributed by atoms with E-state index >= 15 is 0 Å². The fourth-order valence-electron chi connectivity index (χ4n) is 10.9. The fraction of sp³-hybridized carbons (Fsp3) is 0.593. The Kier molecular flexibility index (Phi) is 25.3. The van der Waals surface area contributed by atoms with E-state index < -0.39 is 127 Å². The van der Waals surface area contributed by atoms with Crippen molar-refractivity contribution in [3.8, 4) is 40.9 Å². The van der Waals surface area contributed by atoms with E-state index in [-0.39, 0.29) is 77.0 Å². The minimum absolute atomic E-state index is 0.0233. The van der Waals surface area contributed by atoms with Crippen molar-refractivity contribution in [2.45, 2.75) is 174 Å². The zero-order valence-corrected chi connectivity index (χ0v) is 54.6. The van der Waals surface area contributed by atoms with Crippen molar-refractivity contribution in [2.24, 2.45) is 0 Å². The minimum Gasteiger partial charge on any atom is -0.492 e. The van der Waals surface area contributed by atoms with Crippen molar-refractivity contribution < 1.29 is 102 Å². The molecule has 1 aromatic carbocycles. The van der Waals surface area contributed by atoms with E-state index in [0.29, 0.717) is 15.7 Å². The van der Waals surface area contributed by atoms with E-state index in [0.717, 1.165) is 23.8 Å². The van der Waals surface area contributed by atoms with Crippen LogP contribution >= 0.6 is 55.9 Å². The van der Waals surface area contributed by atoms with Crippen molar-refractivity contribution in [1.29, 1.82) is 0 Å². The van der Waals surface area contributed by atoms with Gasteiger partial charge < -0.3 is 87.7 Å². The number of nitrogens with one attached hydrogen (secondary N) is 3. The highest BCUT2D eigenvalue weighted by molar-refractivity contribution is 14.1. The van der Waals surface area contributed by atoms with E-state index in [1.54, 1.807) is 53.3 Å². The van der Waals surface area contributed by atoms with Gasteiger partial charge in [0.15, 0.2) is 41.8 Å². The number of likely N-dealkylation sites (N-methyl/N-ethyl adjacent to an activating group) is 1. The maximum absolute atomic E-state index is 14.5. The number of fused-ring (bicyclic) bond motifs is 2. The molecule has 4 fully saturated rings. The van der Waals surface area contributed by atoms with Crippen LogP contribution in [0, 0.1) is 34.2 Å². The topological polar surface area (TPSA) is 321 Å². The van der Waals surface area contributed by atoms with Gasteiger partial charge in [-0.05, 0) is 86.7 Å². The SMILES string of the molecule is CCN[C@H]1CO[C@@H](O[C@H]2[C@H](O[C@H]3C#C/C=C\C#C[C@]4(O)CC(=O)C(NC(=O)OC)=C3/C4=C\CSSc3ccncc3)O[C@H](C)[C@@H](NO[C@H]3C[C@H](O)[C@H](SC(=O)c4c(C)c(I)c(O[C@@H]5O[C@@H](C)[C@H](O)[C@@H](OC)[C@H]5O)c(OC)c4OC)[C@@H](C)O3)[C@H]2O)C[C@@H]1OC. The molecule has 6 aliphatic rings. The zero-order valence-electron chi connectivity index (χ0n) is 50.0. The largest absolute Gasteiger partial charge is 0.492 e. The molecule has 1 aromatic heterocycles. The van der Waals surface area contributed by atoms with Gasteiger partial charge in [-0.1, -0.05) is 70.0 Å².